The summed E-state index contributed by atoms with van der Waals surface area (Å²) < 4.78 is 5.33. The Morgan fingerprint density at radius 1 is 1.03 bits per heavy atom. The van der Waals surface area contributed by atoms with Gasteiger partial charge in [-0.15, -0.1) is 11.3 Å². The molecule has 0 radical (unpaired) electrons. The van der Waals surface area contributed by atoms with Crippen LogP contribution in [0, 0.1) is 6.92 Å². The summed E-state index contributed by atoms with van der Waals surface area (Å²) in [6.45, 7) is 2.38. The number of rotatable bonds is 8. The highest BCUT2D eigenvalue weighted by Gasteiger charge is 2.34. The number of amides is 2. The summed E-state index contributed by atoms with van der Waals surface area (Å²) in [7, 11) is 1.62. The first-order valence-corrected chi connectivity index (χ1v) is 12.8. The molecule has 1 saturated carbocycles. The maximum absolute atomic E-state index is 13.8. The van der Waals surface area contributed by atoms with E-state index in [2.05, 4.69) is 5.32 Å². The number of carbonyl (C=O) groups excluding carboxylic acids is 2. The molecule has 1 N–H and O–H groups in total. The van der Waals surface area contributed by atoms with Crippen LogP contribution in [-0.4, -0.2) is 29.9 Å². The Balaban J connectivity index is 1.72. The van der Waals surface area contributed by atoms with E-state index in [1.807, 2.05) is 73.0 Å². The Morgan fingerprint density at radius 2 is 1.74 bits per heavy atom. The Bertz CT molecular complexity index is 1070. The number of thiophene rings is 1. The molecule has 4 rings (SSSR count). The van der Waals surface area contributed by atoms with Crippen molar-refractivity contribution in [3.8, 4) is 5.75 Å². The summed E-state index contributed by atoms with van der Waals surface area (Å²) in [4.78, 5) is 29.9. The van der Waals surface area contributed by atoms with E-state index < -0.39 is 6.04 Å². The van der Waals surface area contributed by atoms with E-state index in [1.54, 1.807) is 12.0 Å². The van der Waals surface area contributed by atoms with E-state index in [4.69, 9.17) is 4.74 Å². The molecule has 0 saturated heterocycles. The molecule has 1 aliphatic rings. The Kier molecular flexibility index (Phi) is 8.01. The molecule has 2 aromatic carbocycles. The van der Waals surface area contributed by atoms with E-state index in [0.29, 0.717) is 17.2 Å². The first kappa shape index (κ1) is 24.0. The highest BCUT2D eigenvalue weighted by atomic mass is 32.1. The minimum Gasteiger partial charge on any atom is -0.497 e. The lowest BCUT2D eigenvalue weighted by Gasteiger charge is -2.33. The van der Waals surface area contributed by atoms with Crippen LogP contribution in [0.15, 0.2) is 66.0 Å². The lowest BCUT2D eigenvalue weighted by atomic mass is 9.94. The number of nitrogens with one attached hydrogen (secondary N) is 1. The van der Waals surface area contributed by atoms with E-state index in [9.17, 15) is 9.59 Å². The van der Waals surface area contributed by atoms with Gasteiger partial charge in [-0.25, -0.2) is 0 Å². The van der Waals surface area contributed by atoms with Crippen LogP contribution < -0.4 is 10.1 Å². The molecule has 34 heavy (non-hydrogen) atoms. The lowest BCUT2D eigenvalue weighted by molar-refractivity contribution is -0.127. The molecule has 1 heterocycles. The average molecular weight is 477 g/mol. The van der Waals surface area contributed by atoms with Crippen LogP contribution in [0.5, 0.6) is 5.75 Å². The molecule has 5 nitrogen and oxygen atoms in total. The highest BCUT2D eigenvalue weighted by Crippen LogP contribution is 2.29. The number of methoxy groups -OCH3 is 1. The van der Waals surface area contributed by atoms with Crippen molar-refractivity contribution in [3.63, 3.8) is 0 Å². The van der Waals surface area contributed by atoms with Gasteiger partial charge in [0.25, 0.3) is 5.91 Å². The molecule has 1 aliphatic carbocycles. The van der Waals surface area contributed by atoms with Crippen molar-refractivity contribution in [2.75, 3.05) is 7.11 Å². The number of aryl methyl sites for hydroxylation is 1. The number of benzene rings is 2. The zero-order valence-electron chi connectivity index (χ0n) is 19.8. The van der Waals surface area contributed by atoms with Crippen LogP contribution in [0.3, 0.4) is 0 Å². The van der Waals surface area contributed by atoms with Crippen molar-refractivity contribution in [1.29, 1.82) is 0 Å². The minimum atomic E-state index is -0.747. The number of nitrogens with zero attached hydrogens (tertiary/aromatic N) is 1. The van der Waals surface area contributed by atoms with Crippen molar-refractivity contribution < 1.29 is 14.3 Å². The van der Waals surface area contributed by atoms with Crippen LogP contribution >= 0.6 is 11.3 Å². The number of hydrogen-bond donors (Lipinski definition) is 1. The van der Waals surface area contributed by atoms with Gasteiger partial charge in [-0.3, -0.25) is 9.59 Å². The third kappa shape index (κ3) is 5.86. The Labute approximate surface area is 205 Å². The number of hydrogen-bond acceptors (Lipinski definition) is 4. The number of carbonyl (C=O) groups is 2. The maximum Gasteiger partial charge on any atom is 0.265 e. The first-order valence-electron chi connectivity index (χ1n) is 11.9. The normalized spacial score (nSPS) is 14.9. The van der Waals surface area contributed by atoms with Gasteiger partial charge >= 0.3 is 0 Å². The predicted octanol–water partition coefficient (Wildman–Crippen LogP) is 5.90. The summed E-state index contributed by atoms with van der Waals surface area (Å²) >= 11 is 1.40. The second kappa shape index (κ2) is 11.3. The van der Waals surface area contributed by atoms with Gasteiger partial charge in [0, 0.05) is 12.6 Å². The topological polar surface area (TPSA) is 58.6 Å². The zero-order chi connectivity index (χ0) is 23.9. The molecule has 6 heteroatoms. The van der Waals surface area contributed by atoms with Crippen molar-refractivity contribution in [2.45, 2.75) is 57.7 Å². The van der Waals surface area contributed by atoms with Crippen molar-refractivity contribution in [1.82, 2.24) is 10.2 Å². The van der Waals surface area contributed by atoms with Crippen LogP contribution in [-0.2, 0) is 11.3 Å². The molecule has 3 aromatic rings. The SMILES string of the molecule is COc1ccc([C@H](C(=O)NC2CCCCC2)N(Cc2ccc(C)cc2)C(=O)c2cccs2)cc1. The molecule has 0 bridgehead atoms. The summed E-state index contributed by atoms with van der Waals surface area (Å²) in [6, 6.07) is 18.7. The monoisotopic (exact) mass is 476 g/mol. The van der Waals surface area contributed by atoms with Gasteiger partial charge < -0.3 is 15.0 Å². The first-order chi connectivity index (χ1) is 16.5. The van der Waals surface area contributed by atoms with Crippen molar-refractivity contribution in [3.05, 3.63) is 87.6 Å². The van der Waals surface area contributed by atoms with Gasteiger partial charge in [-0.1, -0.05) is 67.3 Å². The standard InChI is InChI=1S/C28H32N2O3S/c1-20-10-12-21(13-11-20)19-30(28(32)25-9-6-18-34-25)26(22-14-16-24(33-2)17-15-22)27(31)29-23-7-4-3-5-8-23/h6,9-18,23,26H,3-5,7-8,19H2,1-2H3,(H,29,31)/t26-/m1/s1. The fourth-order valence-corrected chi connectivity index (χ4v) is 5.18. The summed E-state index contributed by atoms with van der Waals surface area (Å²) in [5.74, 6) is 0.439. The maximum atomic E-state index is 13.8. The van der Waals surface area contributed by atoms with Crippen LogP contribution in [0.4, 0.5) is 0 Å². The lowest BCUT2D eigenvalue weighted by Crippen LogP contribution is -2.46. The molecule has 1 aromatic heterocycles. The van der Waals surface area contributed by atoms with Gasteiger partial charge in [-0.05, 0) is 54.5 Å². The third-order valence-corrected chi connectivity index (χ3v) is 7.27. The molecular formula is C28H32N2O3S. The zero-order valence-corrected chi connectivity index (χ0v) is 20.6. The second-order valence-electron chi connectivity index (χ2n) is 8.92. The van der Waals surface area contributed by atoms with Gasteiger partial charge in [0.1, 0.15) is 11.8 Å². The second-order valence-corrected chi connectivity index (χ2v) is 9.86. The Hall–Kier alpha value is -3.12. The summed E-state index contributed by atoms with van der Waals surface area (Å²) in [6.07, 6.45) is 5.43. The quantitative estimate of drug-likeness (QED) is 0.440. The van der Waals surface area contributed by atoms with E-state index >= 15 is 0 Å². The molecule has 1 fully saturated rings. The summed E-state index contributed by atoms with van der Waals surface area (Å²) in [5, 5.41) is 5.15. The fourth-order valence-electron chi connectivity index (χ4n) is 4.50. The molecule has 0 spiro atoms. The third-order valence-electron chi connectivity index (χ3n) is 6.41. The minimum absolute atomic E-state index is 0.130. The van der Waals surface area contributed by atoms with Crippen LogP contribution in [0.25, 0.3) is 0 Å². The van der Waals surface area contributed by atoms with Crippen LogP contribution in [0.1, 0.15) is 64.5 Å². The Morgan fingerprint density at radius 3 is 2.35 bits per heavy atom. The van der Waals surface area contributed by atoms with Gasteiger partial charge in [0.2, 0.25) is 5.91 Å². The molecule has 178 valence electrons. The number of ether oxygens (including phenoxy) is 1. The highest BCUT2D eigenvalue weighted by molar-refractivity contribution is 7.12. The van der Waals surface area contributed by atoms with Gasteiger partial charge in [0.15, 0.2) is 0 Å². The fraction of sp³-hybridized carbons (Fsp3) is 0.357. The molecule has 2 amide bonds. The largest absolute Gasteiger partial charge is 0.497 e. The smallest absolute Gasteiger partial charge is 0.265 e. The summed E-state index contributed by atoms with van der Waals surface area (Å²) in [5.41, 5.74) is 2.91. The van der Waals surface area contributed by atoms with Crippen molar-refractivity contribution >= 4 is 23.2 Å². The molecule has 0 unspecified atom stereocenters. The van der Waals surface area contributed by atoms with E-state index in [0.717, 1.165) is 42.4 Å². The van der Waals surface area contributed by atoms with Crippen molar-refractivity contribution in [2.24, 2.45) is 0 Å². The van der Waals surface area contributed by atoms with E-state index in [1.165, 1.54) is 17.8 Å². The molecular weight excluding hydrogens is 444 g/mol. The van der Waals surface area contributed by atoms with Gasteiger partial charge in [-0.2, -0.15) is 0 Å². The predicted molar refractivity (Wildman–Crippen MR) is 136 cm³/mol. The average Bonchev–Trinajstić information content (AvgIpc) is 3.41. The van der Waals surface area contributed by atoms with E-state index in [-0.39, 0.29) is 17.9 Å². The van der Waals surface area contributed by atoms with Crippen LogP contribution in [0.2, 0.25) is 0 Å². The molecule has 0 aliphatic heterocycles. The van der Waals surface area contributed by atoms with Gasteiger partial charge in [0.05, 0.1) is 12.0 Å². The molecule has 1 atom stereocenters.